The number of aliphatic hydroxyl groups is 1. The second-order valence-electron chi connectivity index (χ2n) is 4.61. The minimum atomic E-state index is -0.149. The van der Waals surface area contributed by atoms with Crippen molar-refractivity contribution in [3.8, 4) is 0 Å². The van der Waals surface area contributed by atoms with E-state index >= 15 is 0 Å². The van der Waals surface area contributed by atoms with Gasteiger partial charge in [0.15, 0.2) is 0 Å². The molecule has 0 amide bonds. The predicted molar refractivity (Wildman–Crippen MR) is 78.6 cm³/mol. The van der Waals surface area contributed by atoms with Gasteiger partial charge in [-0.3, -0.25) is 0 Å². The molecule has 0 saturated heterocycles. The quantitative estimate of drug-likeness (QED) is 0.439. The fourth-order valence-corrected chi connectivity index (χ4v) is 4.16. The van der Waals surface area contributed by atoms with E-state index in [1.54, 1.807) is 0 Å². The Morgan fingerprint density at radius 1 is 1.06 bits per heavy atom. The van der Waals surface area contributed by atoms with Gasteiger partial charge in [-0.15, -0.1) is 0 Å². The van der Waals surface area contributed by atoms with E-state index in [0.717, 1.165) is 19.3 Å². The molecule has 0 bridgehead atoms. The first-order valence-corrected chi connectivity index (χ1v) is 9.33. The van der Waals surface area contributed by atoms with E-state index in [1.807, 2.05) is 0 Å². The zero-order chi connectivity index (χ0) is 12.9. The van der Waals surface area contributed by atoms with Crippen LogP contribution in [-0.2, 0) is 0 Å². The molecule has 2 heteroatoms. The average Bonchev–Trinajstić information content (AvgIpc) is 2.34. The maximum absolute atomic E-state index is 10.2. The number of allylic oxidation sites excluding steroid dienone is 1. The summed E-state index contributed by atoms with van der Waals surface area (Å²) in [6, 6.07) is 0. The van der Waals surface area contributed by atoms with Crippen LogP contribution >= 0.6 is 0 Å². The van der Waals surface area contributed by atoms with Crippen LogP contribution in [0.5, 0.6) is 0 Å². The third-order valence-corrected chi connectivity index (χ3v) is 5.48. The van der Waals surface area contributed by atoms with Crippen LogP contribution in [0.4, 0.5) is 0 Å². The molecular weight excluding hydrogens is 275 g/mol. The minimum absolute atomic E-state index is 0.149. The summed E-state index contributed by atoms with van der Waals surface area (Å²) in [6.07, 6.45) is 11.7. The third-order valence-electron chi connectivity index (χ3n) is 2.83. The average molecular weight is 305 g/mol. The molecule has 0 aromatic rings. The Bertz CT molecular complexity index is 189. The Labute approximate surface area is 114 Å². The molecule has 1 N–H and O–H groups in total. The molecule has 0 saturated carbocycles. The van der Waals surface area contributed by atoms with Crippen LogP contribution in [-0.4, -0.2) is 26.2 Å². The van der Waals surface area contributed by atoms with Gasteiger partial charge in [-0.2, -0.15) is 0 Å². The van der Waals surface area contributed by atoms with Crippen LogP contribution in [0.15, 0.2) is 10.5 Å². The Balaban J connectivity index is 4.11. The van der Waals surface area contributed by atoms with Crippen LogP contribution in [0.2, 0.25) is 5.32 Å². The Hall–Kier alpha value is 0.219. The third kappa shape index (κ3) is 9.88. The van der Waals surface area contributed by atoms with Crippen molar-refractivity contribution in [1.82, 2.24) is 0 Å². The Morgan fingerprint density at radius 2 is 1.71 bits per heavy atom. The molecule has 0 heterocycles. The zero-order valence-corrected chi connectivity index (χ0v) is 13.6. The van der Waals surface area contributed by atoms with Crippen LogP contribution in [0.25, 0.3) is 0 Å². The Kier molecular flexibility index (Phi) is 12.8. The molecule has 0 fully saturated rings. The second kappa shape index (κ2) is 12.7. The number of aliphatic hydroxyl groups excluding tert-OH is 1. The van der Waals surface area contributed by atoms with Crippen LogP contribution in [0.3, 0.4) is 0 Å². The van der Waals surface area contributed by atoms with Gasteiger partial charge < -0.3 is 0 Å². The molecular formula is C15H30OSe. The van der Waals surface area contributed by atoms with Gasteiger partial charge in [-0.05, 0) is 0 Å². The fourth-order valence-electron chi connectivity index (χ4n) is 1.61. The van der Waals surface area contributed by atoms with Crippen LogP contribution < -0.4 is 0 Å². The molecule has 0 aliphatic heterocycles. The molecule has 0 aromatic carbocycles. The van der Waals surface area contributed by atoms with Crippen molar-refractivity contribution < 1.29 is 5.11 Å². The summed E-state index contributed by atoms with van der Waals surface area (Å²) in [5, 5.41) is 11.5. The molecule has 1 atom stereocenters. The van der Waals surface area contributed by atoms with Gasteiger partial charge in [0, 0.05) is 0 Å². The molecule has 1 nitrogen and oxygen atoms in total. The Morgan fingerprint density at radius 3 is 2.29 bits per heavy atom. The van der Waals surface area contributed by atoms with E-state index < -0.39 is 0 Å². The van der Waals surface area contributed by atoms with Crippen molar-refractivity contribution in [2.24, 2.45) is 0 Å². The summed E-state index contributed by atoms with van der Waals surface area (Å²) in [4.78, 5) is 0. The SMILES string of the molecule is CCCC/C=C(\[Se]CCCC)C(O)CCCC. The van der Waals surface area contributed by atoms with Gasteiger partial charge in [-0.25, -0.2) is 0 Å². The first kappa shape index (κ1) is 17.2. The standard InChI is InChI=1S/C15H30OSe/c1-4-7-10-12-15(17-13-9-6-3)14(16)11-8-5-2/h12,14,16H,4-11,13H2,1-3H3/b15-12-. The monoisotopic (exact) mass is 306 g/mol. The van der Waals surface area contributed by atoms with Crippen LogP contribution in [0, 0.1) is 0 Å². The van der Waals surface area contributed by atoms with Gasteiger partial charge in [0.05, 0.1) is 0 Å². The van der Waals surface area contributed by atoms with Crippen molar-refractivity contribution in [2.75, 3.05) is 0 Å². The summed E-state index contributed by atoms with van der Waals surface area (Å²) < 4.78 is 1.37. The summed E-state index contributed by atoms with van der Waals surface area (Å²) in [6.45, 7) is 6.66. The van der Waals surface area contributed by atoms with E-state index in [-0.39, 0.29) is 6.10 Å². The van der Waals surface area contributed by atoms with Gasteiger partial charge in [0.25, 0.3) is 0 Å². The summed E-state index contributed by atoms with van der Waals surface area (Å²) in [5.74, 6) is 0. The first-order chi connectivity index (χ1) is 8.26. The molecule has 0 aliphatic carbocycles. The number of hydrogen-bond donors (Lipinski definition) is 1. The van der Waals surface area contributed by atoms with Crippen molar-refractivity contribution >= 4 is 15.0 Å². The normalized spacial score (nSPS) is 14.0. The van der Waals surface area contributed by atoms with Crippen molar-refractivity contribution in [2.45, 2.75) is 83.6 Å². The maximum atomic E-state index is 10.2. The van der Waals surface area contributed by atoms with Crippen molar-refractivity contribution in [1.29, 1.82) is 0 Å². The molecule has 0 aliphatic rings. The molecule has 0 rings (SSSR count). The second-order valence-corrected chi connectivity index (χ2v) is 7.06. The van der Waals surface area contributed by atoms with E-state index in [4.69, 9.17) is 0 Å². The summed E-state index contributed by atoms with van der Waals surface area (Å²) >= 11 is 0.525. The van der Waals surface area contributed by atoms with Crippen molar-refractivity contribution in [3.05, 3.63) is 10.5 Å². The fraction of sp³-hybridized carbons (Fsp3) is 0.867. The van der Waals surface area contributed by atoms with E-state index in [9.17, 15) is 5.11 Å². The number of rotatable bonds is 11. The summed E-state index contributed by atoms with van der Waals surface area (Å²) in [5.41, 5.74) is 0. The van der Waals surface area contributed by atoms with Gasteiger partial charge >= 0.3 is 114 Å². The molecule has 17 heavy (non-hydrogen) atoms. The molecule has 1 unspecified atom stereocenters. The molecule has 0 aromatic heterocycles. The van der Waals surface area contributed by atoms with Crippen LogP contribution in [0.1, 0.15) is 72.1 Å². The topological polar surface area (TPSA) is 20.2 Å². The van der Waals surface area contributed by atoms with Gasteiger partial charge in [0.2, 0.25) is 0 Å². The summed E-state index contributed by atoms with van der Waals surface area (Å²) in [7, 11) is 0. The number of hydrogen-bond acceptors (Lipinski definition) is 1. The predicted octanol–water partition coefficient (Wildman–Crippen LogP) is 4.53. The first-order valence-electron chi connectivity index (χ1n) is 7.27. The van der Waals surface area contributed by atoms with E-state index in [2.05, 4.69) is 26.8 Å². The van der Waals surface area contributed by atoms with Gasteiger partial charge in [-0.1, -0.05) is 0 Å². The van der Waals surface area contributed by atoms with Gasteiger partial charge in [0.1, 0.15) is 0 Å². The molecule has 0 radical (unpaired) electrons. The number of unbranched alkanes of at least 4 members (excludes halogenated alkanes) is 4. The van der Waals surface area contributed by atoms with Crippen molar-refractivity contribution in [3.63, 3.8) is 0 Å². The van der Waals surface area contributed by atoms with E-state index in [1.165, 1.54) is 41.9 Å². The molecule has 0 spiro atoms. The molecule has 102 valence electrons. The van der Waals surface area contributed by atoms with E-state index in [0.29, 0.717) is 15.0 Å². The zero-order valence-electron chi connectivity index (χ0n) is 11.9.